The van der Waals surface area contributed by atoms with Crippen molar-refractivity contribution in [1.82, 2.24) is 0 Å². The third-order valence-corrected chi connectivity index (χ3v) is 3.64. The molecule has 0 N–H and O–H groups in total. The number of aryl methyl sites for hydroxylation is 1. The molecule has 3 rings (SSSR count). The molecule has 0 saturated heterocycles. The molecule has 0 aliphatic heterocycles. The summed E-state index contributed by atoms with van der Waals surface area (Å²) in [5, 5.41) is 1.28. The summed E-state index contributed by atoms with van der Waals surface area (Å²) >= 11 is 0. The molecule has 1 saturated carbocycles. The van der Waals surface area contributed by atoms with Gasteiger partial charge in [-0.3, -0.25) is 0 Å². The van der Waals surface area contributed by atoms with Crippen molar-refractivity contribution < 1.29 is 4.42 Å². The van der Waals surface area contributed by atoms with Gasteiger partial charge in [-0.15, -0.1) is 0 Å². The Hall–Kier alpha value is -1.24. The Kier molecular flexibility index (Phi) is 1.88. The molecule has 1 fully saturated rings. The second-order valence-electron chi connectivity index (χ2n) is 4.77. The van der Waals surface area contributed by atoms with Gasteiger partial charge in [0, 0.05) is 5.39 Å². The zero-order chi connectivity index (χ0) is 10.4. The van der Waals surface area contributed by atoms with Crippen LogP contribution in [0.1, 0.15) is 36.8 Å². The fraction of sp³-hybridized carbons (Fsp3) is 0.429. The molecule has 1 heteroatoms. The zero-order valence-electron chi connectivity index (χ0n) is 9.29. The van der Waals surface area contributed by atoms with Crippen LogP contribution >= 0.6 is 0 Å². The predicted octanol–water partition coefficient (Wildman–Crippen LogP) is 4.25. The summed E-state index contributed by atoms with van der Waals surface area (Å²) < 4.78 is 5.68. The van der Waals surface area contributed by atoms with E-state index in [9.17, 15) is 0 Å². The maximum absolute atomic E-state index is 5.68. The molecule has 15 heavy (non-hydrogen) atoms. The topological polar surface area (TPSA) is 13.1 Å². The first-order chi connectivity index (χ1) is 7.27. The van der Waals surface area contributed by atoms with E-state index in [0.29, 0.717) is 5.92 Å². The first-order valence-electron chi connectivity index (χ1n) is 5.74. The van der Waals surface area contributed by atoms with Gasteiger partial charge in [0.05, 0.1) is 6.26 Å². The molecule has 1 aromatic carbocycles. The van der Waals surface area contributed by atoms with Gasteiger partial charge >= 0.3 is 0 Å². The van der Waals surface area contributed by atoms with Crippen molar-refractivity contribution in [3.05, 3.63) is 35.6 Å². The number of rotatable bonds is 2. The molecule has 1 nitrogen and oxygen atoms in total. The zero-order valence-corrected chi connectivity index (χ0v) is 9.29. The standard InChI is InChI=1S/C14H16O/c1-9-8-15-14-12(9)4-3-5-13(14)10(2)11-6-7-11/h3-5,8,10-11H,6-7H2,1-2H3. The van der Waals surface area contributed by atoms with Crippen LogP contribution in [0.15, 0.2) is 28.9 Å². The van der Waals surface area contributed by atoms with Crippen LogP contribution in [0.2, 0.25) is 0 Å². The lowest BCUT2D eigenvalue weighted by Crippen LogP contribution is -1.95. The van der Waals surface area contributed by atoms with Crippen LogP contribution < -0.4 is 0 Å². The minimum atomic E-state index is 0.652. The smallest absolute Gasteiger partial charge is 0.137 e. The molecular formula is C14H16O. The number of furan rings is 1. The van der Waals surface area contributed by atoms with Gasteiger partial charge in [0.15, 0.2) is 0 Å². The van der Waals surface area contributed by atoms with E-state index in [1.54, 1.807) is 0 Å². The Bertz CT molecular complexity index is 491. The molecule has 1 aromatic heterocycles. The molecule has 1 aliphatic carbocycles. The molecule has 1 unspecified atom stereocenters. The summed E-state index contributed by atoms with van der Waals surface area (Å²) in [7, 11) is 0. The maximum atomic E-state index is 5.68. The summed E-state index contributed by atoms with van der Waals surface area (Å²) in [6, 6.07) is 6.52. The molecule has 0 bridgehead atoms. The number of benzene rings is 1. The van der Waals surface area contributed by atoms with Gasteiger partial charge in [0.1, 0.15) is 5.58 Å². The highest BCUT2D eigenvalue weighted by atomic mass is 16.3. The normalized spacial score (nSPS) is 18.3. The van der Waals surface area contributed by atoms with E-state index in [-0.39, 0.29) is 0 Å². The fourth-order valence-electron chi connectivity index (χ4n) is 2.42. The molecular weight excluding hydrogens is 184 g/mol. The molecule has 1 atom stereocenters. The van der Waals surface area contributed by atoms with Gasteiger partial charge in [-0.25, -0.2) is 0 Å². The van der Waals surface area contributed by atoms with Gasteiger partial charge in [-0.1, -0.05) is 25.1 Å². The van der Waals surface area contributed by atoms with Crippen molar-refractivity contribution in [2.75, 3.05) is 0 Å². The summed E-state index contributed by atoms with van der Waals surface area (Å²) in [4.78, 5) is 0. The van der Waals surface area contributed by atoms with Crippen molar-refractivity contribution in [2.45, 2.75) is 32.6 Å². The minimum absolute atomic E-state index is 0.652. The Balaban J connectivity index is 2.16. The Morgan fingerprint density at radius 2 is 2.13 bits per heavy atom. The predicted molar refractivity (Wildman–Crippen MR) is 62.1 cm³/mol. The molecule has 0 spiro atoms. The van der Waals surface area contributed by atoms with Crippen molar-refractivity contribution in [2.24, 2.45) is 5.92 Å². The average molecular weight is 200 g/mol. The highest BCUT2D eigenvalue weighted by Gasteiger charge is 2.30. The Morgan fingerprint density at radius 3 is 2.87 bits per heavy atom. The molecule has 2 aromatic rings. The van der Waals surface area contributed by atoms with Crippen molar-refractivity contribution in [1.29, 1.82) is 0 Å². The van der Waals surface area contributed by atoms with Crippen molar-refractivity contribution in [3.63, 3.8) is 0 Å². The van der Waals surface area contributed by atoms with E-state index in [1.165, 1.54) is 29.4 Å². The van der Waals surface area contributed by atoms with E-state index in [2.05, 4.69) is 32.0 Å². The number of fused-ring (bicyclic) bond motifs is 1. The SMILES string of the molecule is Cc1coc2c(C(C)C3CC3)cccc12. The Labute approximate surface area is 90.1 Å². The van der Waals surface area contributed by atoms with Crippen molar-refractivity contribution in [3.8, 4) is 0 Å². The second-order valence-corrected chi connectivity index (χ2v) is 4.77. The molecule has 0 amide bonds. The lowest BCUT2D eigenvalue weighted by atomic mass is 9.94. The van der Waals surface area contributed by atoms with Gasteiger partial charge in [-0.2, -0.15) is 0 Å². The van der Waals surface area contributed by atoms with Crippen LogP contribution in [0, 0.1) is 12.8 Å². The number of hydrogen-bond acceptors (Lipinski definition) is 1. The van der Waals surface area contributed by atoms with Gasteiger partial charge in [0.2, 0.25) is 0 Å². The minimum Gasteiger partial charge on any atom is -0.464 e. The van der Waals surface area contributed by atoms with Crippen LogP contribution in [0.5, 0.6) is 0 Å². The molecule has 78 valence electrons. The van der Waals surface area contributed by atoms with Crippen molar-refractivity contribution >= 4 is 11.0 Å². The number of para-hydroxylation sites is 1. The van der Waals surface area contributed by atoms with E-state index in [0.717, 1.165) is 11.5 Å². The molecule has 0 radical (unpaired) electrons. The van der Waals surface area contributed by atoms with Crippen LogP contribution in [0.4, 0.5) is 0 Å². The van der Waals surface area contributed by atoms with E-state index in [4.69, 9.17) is 4.42 Å². The van der Waals surface area contributed by atoms with Gasteiger partial charge in [-0.05, 0) is 42.7 Å². The molecule has 1 heterocycles. The summed E-state index contributed by atoms with van der Waals surface area (Å²) in [6.45, 7) is 4.43. The van der Waals surface area contributed by atoms with Crippen LogP contribution in [-0.4, -0.2) is 0 Å². The third-order valence-electron chi connectivity index (χ3n) is 3.64. The lowest BCUT2D eigenvalue weighted by Gasteiger charge is -2.10. The first-order valence-corrected chi connectivity index (χ1v) is 5.74. The van der Waals surface area contributed by atoms with Gasteiger partial charge in [0.25, 0.3) is 0 Å². The Morgan fingerprint density at radius 1 is 1.33 bits per heavy atom. The van der Waals surface area contributed by atoms with Crippen LogP contribution in [0.3, 0.4) is 0 Å². The monoisotopic (exact) mass is 200 g/mol. The number of hydrogen-bond donors (Lipinski definition) is 0. The molecule has 1 aliphatic rings. The highest BCUT2D eigenvalue weighted by Crippen LogP contribution is 2.44. The van der Waals surface area contributed by atoms with Crippen LogP contribution in [-0.2, 0) is 0 Å². The third kappa shape index (κ3) is 1.38. The second kappa shape index (κ2) is 3.13. The maximum Gasteiger partial charge on any atom is 0.137 e. The summed E-state index contributed by atoms with van der Waals surface area (Å²) in [5.41, 5.74) is 3.74. The highest BCUT2D eigenvalue weighted by molar-refractivity contribution is 5.84. The fourth-order valence-corrected chi connectivity index (χ4v) is 2.42. The summed E-state index contributed by atoms with van der Waals surface area (Å²) in [6.07, 6.45) is 4.64. The van der Waals surface area contributed by atoms with E-state index < -0.39 is 0 Å². The lowest BCUT2D eigenvalue weighted by molar-refractivity contribution is 0.590. The average Bonchev–Trinajstić information content (AvgIpc) is 3.03. The van der Waals surface area contributed by atoms with E-state index >= 15 is 0 Å². The quantitative estimate of drug-likeness (QED) is 0.706. The van der Waals surface area contributed by atoms with Crippen LogP contribution in [0.25, 0.3) is 11.0 Å². The van der Waals surface area contributed by atoms with Gasteiger partial charge < -0.3 is 4.42 Å². The first kappa shape index (κ1) is 9.02. The van der Waals surface area contributed by atoms with E-state index in [1.807, 2.05) is 6.26 Å². The summed E-state index contributed by atoms with van der Waals surface area (Å²) in [5.74, 6) is 1.54. The largest absolute Gasteiger partial charge is 0.464 e.